The summed E-state index contributed by atoms with van der Waals surface area (Å²) < 4.78 is 0. The van der Waals surface area contributed by atoms with Crippen LogP contribution in [0.4, 0.5) is 0 Å². The standard InChI is InChI=1S/C6H11N2/c1-8-4-5-2-6(8)3-7-5/h6-7H,2-4H2,1H3. The third-order valence-corrected chi connectivity index (χ3v) is 2.13. The van der Waals surface area contributed by atoms with Gasteiger partial charge >= 0.3 is 0 Å². The highest BCUT2D eigenvalue weighted by atomic mass is 15.3. The monoisotopic (exact) mass is 111 g/mol. The van der Waals surface area contributed by atoms with E-state index < -0.39 is 0 Å². The number of piperazine rings is 1. The molecule has 2 rings (SSSR count). The lowest BCUT2D eigenvalue weighted by atomic mass is 10.2. The van der Waals surface area contributed by atoms with E-state index in [9.17, 15) is 0 Å². The van der Waals surface area contributed by atoms with Gasteiger partial charge in [0.15, 0.2) is 0 Å². The molecule has 1 atom stereocenters. The molecule has 1 N–H and O–H groups in total. The van der Waals surface area contributed by atoms with Gasteiger partial charge in [-0.25, -0.2) is 0 Å². The summed E-state index contributed by atoms with van der Waals surface area (Å²) in [6, 6.07) is 2.36. The molecule has 2 saturated heterocycles. The van der Waals surface area contributed by atoms with Gasteiger partial charge in [-0.3, -0.25) is 0 Å². The Bertz CT molecular complexity index is 101. The molecular weight excluding hydrogens is 100 g/mol. The van der Waals surface area contributed by atoms with E-state index in [-0.39, 0.29) is 0 Å². The molecule has 1 unspecified atom stereocenters. The predicted molar refractivity (Wildman–Crippen MR) is 32.3 cm³/mol. The second-order valence-corrected chi connectivity index (χ2v) is 2.76. The summed E-state index contributed by atoms with van der Waals surface area (Å²) in [5.74, 6) is 0. The van der Waals surface area contributed by atoms with Gasteiger partial charge in [0, 0.05) is 19.1 Å². The van der Waals surface area contributed by atoms with Crippen LogP contribution in [0.3, 0.4) is 0 Å². The quantitative estimate of drug-likeness (QED) is 0.466. The molecule has 2 nitrogen and oxygen atoms in total. The summed E-state index contributed by atoms with van der Waals surface area (Å²) >= 11 is 0. The zero-order valence-electron chi connectivity index (χ0n) is 5.15. The summed E-state index contributed by atoms with van der Waals surface area (Å²) in [5, 5.41) is 3.36. The molecule has 0 aromatic rings. The summed E-state index contributed by atoms with van der Waals surface area (Å²) in [4.78, 5) is 2.41. The molecule has 2 aliphatic heterocycles. The van der Waals surface area contributed by atoms with Crippen molar-refractivity contribution in [2.45, 2.75) is 12.5 Å². The second-order valence-electron chi connectivity index (χ2n) is 2.76. The number of likely N-dealkylation sites (tertiary alicyclic amines) is 1. The van der Waals surface area contributed by atoms with Crippen molar-refractivity contribution in [3.63, 3.8) is 0 Å². The number of likely N-dealkylation sites (N-methyl/N-ethyl adjacent to an activating group) is 1. The molecule has 0 saturated carbocycles. The van der Waals surface area contributed by atoms with Crippen LogP contribution in [0.15, 0.2) is 0 Å². The Morgan fingerprint density at radius 1 is 1.75 bits per heavy atom. The fourth-order valence-electron chi connectivity index (χ4n) is 1.55. The van der Waals surface area contributed by atoms with Gasteiger partial charge in [-0.1, -0.05) is 0 Å². The lowest BCUT2D eigenvalue weighted by molar-refractivity contribution is 0.291. The predicted octanol–water partition coefficient (Wildman–Crippen LogP) is -0.174. The molecular formula is C6H11N2. The molecule has 2 bridgehead atoms. The van der Waals surface area contributed by atoms with Crippen LogP contribution in [0.2, 0.25) is 0 Å². The molecule has 0 aliphatic carbocycles. The van der Waals surface area contributed by atoms with Gasteiger partial charge in [0.05, 0.1) is 6.04 Å². The largest absolute Gasteiger partial charge is 0.307 e. The van der Waals surface area contributed by atoms with Crippen LogP contribution in [0.25, 0.3) is 0 Å². The van der Waals surface area contributed by atoms with Gasteiger partial charge in [0.1, 0.15) is 0 Å². The molecule has 45 valence electrons. The normalized spacial score (nSPS) is 39.4. The minimum Gasteiger partial charge on any atom is -0.307 e. The van der Waals surface area contributed by atoms with Gasteiger partial charge in [-0.05, 0) is 13.5 Å². The highest BCUT2D eigenvalue weighted by molar-refractivity contribution is 5.08. The third kappa shape index (κ3) is 0.501. The van der Waals surface area contributed by atoms with Crippen molar-refractivity contribution in [2.24, 2.45) is 0 Å². The van der Waals surface area contributed by atoms with Gasteiger partial charge in [-0.2, -0.15) is 0 Å². The Morgan fingerprint density at radius 3 is 2.88 bits per heavy atom. The van der Waals surface area contributed by atoms with E-state index in [0.29, 0.717) is 0 Å². The fourth-order valence-corrected chi connectivity index (χ4v) is 1.55. The van der Waals surface area contributed by atoms with E-state index in [1.165, 1.54) is 25.6 Å². The minimum absolute atomic E-state index is 0.824. The van der Waals surface area contributed by atoms with E-state index in [1.807, 2.05) is 0 Å². The molecule has 0 aromatic heterocycles. The van der Waals surface area contributed by atoms with Crippen LogP contribution in [-0.2, 0) is 0 Å². The first-order valence-electron chi connectivity index (χ1n) is 3.15. The number of nitrogens with one attached hydrogen (secondary N) is 1. The van der Waals surface area contributed by atoms with Crippen LogP contribution < -0.4 is 5.32 Å². The topological polar surface area (TPSA) is 15.3 Å². The SMILES string of the molecule is CN1C[C]2CC1CN2. The zero-order chi connectivity index (χ0) is 5.56. The molecule has 1 radical (unpaired) electrons. The number of fused-ring (bicyclic) bond motifs is 2. The van der Waals surface area contributed by atoms with Crippen molar-refractivity contribution >= 4 is 0 Å². The molecule has 2 heterocycles. The first kappa shape index (κ1) is 4.77. The highest BCUT2D eigenvalue weighted by Gasteiger charge is 2.35. The van der Waals surface area contributed by atoms with E-state index in [0.717, 1.165) is 6.04 Å². The highest BCUT2D eigenvalue weighted by Crippen LogP contribution is 2.25. The minimum atomic E-state index is 0.824. The average molecular weight is 111 g/mol. The molecule has 0 spiro atoms. The van der Waals surface area contributed by atoms with E-state index >= 15 is 0 Å². The lowest BCUT2D eigenvalue weighted by Gasteiger charge is -2.21. The smallest absolute Gasteiger partial charge is 0.0522 e. The van der Waals surface area contributed by atoms with Crippen LogP contribution in [0.1, 0.15) is 6.42 Å². The van der Waals surface area contributed by atoms with Crippen molar-refractivity contribution < 1.29 is 0 Å². The fraction of sp³-hybridized carbons (Fsp3) is 0.833. The first-order valence-corrected chi connectivity index (χ1v) is 3.15. The molecule has 2 fully saturated rings. The number of nitrogens with zero attached hydrogens (tertiary/aromatic N) is 1. The van der Waals surface area contributed by atoms with Gasteiger partial charge in [-0.15, -0.1) is 0 Å². The molecule has 2 aliphatic rings. The molecule has 8 heavy (non-hydrogen) atoms. The van der Waals surface area contributed by atoms with Crippen molar-refractivity contribution in [3.05, 3.63) is 6.04 Å². The summed E-state index contributed by atoms with van der Waals surface area (Å²) in [6.45, 7) is 2.37. The van der Waals surface area contributed by atoms with Crippen molar-refractivity contribution in [2.75, 3.05) is 20.1 Å². The number of hydrogen-bond acceptors (Lipinski definition) is 2. The van der Waals surface area contributed by atoms with Crippen molar-refractivity contribution in [1.29, 1.82) is 0 Å². The molecule has 2 heteroatoms. The van der Waals surface area contributed by atoms with Gasteiger partial charge in [0.25, 0.3) is 0 Å². The Labute approximate surface area is 49.9 Å². The Morgan fingerprint density at radius 2 is 2.62 bits per heavy atom. The maximum atomic E-state index is 3.36. The van der Waals surface area contributed by atoms with E-state index in [1.54, 1.807) is 0 Å². The third-order valence-electron chi connectivity index (χ3n) is 2.13. The maximum absolute atomic E-state index is 3.36. The second kappa shape index (κ2) is 1.45. The number of rotatable bonds is 0. The lowest BCUT2D eigenvalue weighted by Crippen LogP contribution is -2.38. The zero-order valence-corrected chi connectivity index (χ0v) is 5.15. The van der Waals surface area contributed by atoms with E-state index in [4.69, 9.17) is 0 Å². The van der Waals surface area contributed by atoms with Crippen LogP contribution >= 0.6 is 0 Å². The van der Waals surface area contributed by atoms with Crippen LogP contribution in [0.5, 0.6) is 0 Å². The summed E-state index contributed by atoms with van der Waals surface area (Å²) in [5.41, 5.74) is 0. The summed E-state index contributed by atoms with van der Waals surface area (Å²) in [7, 11) is 2.19. The molecule has 0 aromatic carbocycles. The Kier molecular flexibility index (Phi) is 0.866. The number of hydrogen-bond donors (Lipinski definition) is 1. The summed E-state index contributed by atoms with van der Waals surface area (Å²) in [6.07, 6.45) is 1.30. The Hall–Kier alpha value is -0.0800. The van der Waals surface area contributed by atoms with Crippen LogP contribution in [-0.4, -0.2) is 31.1 Å². The first-order chi connectivity index (χ1) is 3.86. The van der Waals surface area contributed by atoms with E-state index in [2.05, 4.69) is 17.3 Å². The maximum Gasteiger partial charge on any atom is 0.0522 e. The average Bonchev–Trinajstić information content (AvgIpc) is 2.23. The van der Waals surface area contributed by atoms with Gasteiger partial charge in [0.2, 0.25) is 0 Å². The van der Waals surface area contributed by atoms with Gasteiger partial charge < -0.3 is 10.2 Å². The van der Waals surface area contributed by atoms with Crippen molar-refractivity contribution in [1.82, 2.24) is 10.2 Å². The van der Waals surface area contributed by atoms with Crippen LogP contribution in [0, 0.1) is 6.04 Å². The molecule has 0 amide bonds. The van der Waals surface area contributed by atoms with Crippen molar-refractivity contribution in [3.8, 4) is 0 Å². The Balaban J connectivity index is 2.11.